The molecule has 1 fully saturated rings. The number of carboxylic acid groups (broad SMARTS) is 1. The van der Waals surface area contributed by atoms with Crippen LogP contribution in [0, 0.1) is 5.92 Å². The van der Waals surface area contributed by atoms with Crippen LogP contribution in [0.3, 0.4) is 0 Å². The first-order chi connectivity index (χ1) is 12.3. The summed E-state index contributed by atoms with van der Waals surface area (Å²) in [6, 6.07) is 5.56. The highest BCUT2D eigenvalue weighted by atomic mass is 16.5. The van der Waals surface area contributed by atoms with E-state index in [9.17, 15) is 9.59 Å². The van der Waals surface area contributed by atoms with Gasteiger partial charge in [-0.3, -0.25) is 9.59 Å². The summed E-state index contributed by atoms with van der Waals surface area (Å²) >= 11 is 0. The van der Waals surface area contributed by atoms with Crippen LogP contribution in [0.1, 0.15) is 45.1 Å². The van der Waals surface area contributed by atoms with E-state index >= 15 is 0 Å². The van der Waals surface area contributed by atoms with Crippen LogP contribution in [0.5, 0.6) is 11.5 Å². The standard InChI is InChI=1S/C20H29NO5/c1-20(2,15-8-9-16(25-3)17(12-15)26-4)19(24)21-11-5-6-14(13-21)7-10-18(22)23/h8-9,12,14H,5-7,10-11,13H2,1-4H3,(H,22,23). The zero-order valence-corrected chi connectivity index (χ0v) is 16.1. The first kappa shape index (κ1) is 20.1. The van der Waals surface area contributed by atoms with Crippen LogP contribution in [0.2, 0.25) is 0 Å². The number of hydrogen-bond acceptors (Lipinski definition) is 4. The number of benzene rings is 1. The fourth-order valence-electron chi connectivity index (χ4n) is 3.56. The summed E-state index contributed by atoms with van der Waals surface area (Å²) in [5.74, 6) is 0.768. The van der Waals surface area contributed by atoms with E-state index in [1.165, 1.54) is 0 Å². The van der Waals surface area contributed by atoms with Gasteiger partial charge in [0.05, 0.1) is 19.6 Å². The van der Waals surface area contributed by atoms with Gasteiger partial charge < -0.3 is 19.5 Å². The maximum Gasteiger partial charge on any atom is 0.303 e. The Kier molecular flexibility index (Phi) is 6.51. The van der Waals surface area contributed by atoms with Gasteiger partial charge in [0.1, 0.15) is 0 Å². The van der Waals surface area contributed by atoms with Gasteiger partial charge in [-0.1, -0.05) is 6.07 Å². The first-order valence-electron chi connectivity index (χ1n) is 9.03. The number of piperidine rings is 1. The number of hydrogen-bond donors (Lipinski definition) is 1. The minimum absolute atomic E-state index is 0.0599. The smallest absolute Gasteiger partial charge is 0.303 e. The number of ether oxygens (including phenoxy) is 2. The number of rotatable bonds is 7. The van der Waals surface area contributed by atoms with Gasteiger partial charge in [0.25, 0.3) is 0 Å². The molecule has 1 saturated heterocycles. The van der Waals surface area contributed by atoms with Crippen LogP contribution in [0.25, 0.3) is 0 Å². The Morgan fingerprint density at radius 2 is 1.92 bits per heavy atom. The quantitative estimate of drug-likeness (QED) is 0.806. The molecule has 1 atom stereocenters. The molecule has 2 rings (SSSR count). The molecule has 1 aromatic rings. The van der Waals surface area contributed by atoms with Crippen molar-refractivity contribution in [3.63, 3.8) is 0 Å². The summed E-state index contributed by atoms with van der Waals surface area (Å²) in [5, 5.41) is 8.89. The number of carbonyl (C=O) groups is 2. The van der Waals surface area contributed by atoms with Gasteiger partial charge in [-0.2, -0.15) is 0 Å². The highest BCUT2D eigenvalue weighted by molar-refractivity contribution is 5.87. The molecule has 1 aromatic carbocycles. The number of methoxy groups -OCH3 is 2. The Labute approximate surface area is 155 Å². The predicted molar refractivity (Wildman–Crippen MR) is 98.7 cm³/mol. The number of carboxylic acids is 1. The second kappa shape index (κ2) is 8.43. The Bertz CT molecular complexity index is 656. The second-order valence-corrected chi connectivity index (χ2v) is 7.39. The lowest BCUT2D eigenvalue weighted by molar-refractivity contribution is -0.138. The molecule has 6 heteroatoms. The number of aliphatic carboxylic acids is 1. The fourth-order valence-corrected chi connectivity index (χ4v) is 3.56. The van der Waals surface area contributed by atoms with Crippen molar-refractivity contribution < 1.29 is 24.2 Å². The number of carbonyl (C=O) groups excluding carboxylic acids is 1. The molecule has 0 spiro atoms. The van der Waals surface area contributed by atoms with Gasteiger partial charge in [0, 0.05) is 19.5 Å². The zero-order valence-electron chi connectivity index (χ0n) is 16.1. The van der Waals surface area contributed by atoms with Crippen molar-refractivity contribution in [2.75, 3.05) is 27.3 Å². The van der Waals surface area contributed by atoms with Crippen LogP contribution in [0.4, 0.5) is 0 Å². The molecular formula is C20H29NO5. The molecular weight excluding hydrogens is 334 g/mol. The molecule has 0 radical (unpaired) electrons. The monoisotopic (exact) mass is 363 g/mol. The minimum Gasteiger partial charge on any atom is -0.493 e. The molecule has 26 heavy (non-hydrogen) atoms. The van der Waals surface area contributed by atoms with E-state index in [2.05, 4.69) is 0 Å². The van der Waals surface area contributed by atoms with Crippen LogP contribution >= 0.6 is 0 Å². The summed E-state index contributed by atoms with van der Waals surface area (Å²) in [6.45, 7) is 5.18. The molecule has 1 unspecified atom stereocenters. The molecule has 1 amide bonds. The predicted octanol–water partition coefficient (Wildman–Crippen LogP) is 3.08. The SMILES string of the molecule is COc1ccc(C(C)(C)C(=O)N2CCCC(CCC(=O)O)C2)cc1OC. The molecule has 1 aliphatic rings. The van der Waals surface area contributed by atoms with Crippen LogP contribution in [-0.2, 0) is 15.0 Å². The molecule has 144 valence electrons. The van der Waals surface area contributed by atoms with E-state index in [0.717, 1.165) is 24.9 Å². The van der Waals surface area contributed by atoms with Crippen molar-refractivity contribution in [1.29, 1.82) is 0 Å². The van der Waals surface area contributed by atoms with Gasteiger partial charge >= 0.3 is 5.97 Å². The molecule has 0 aliphatic carbocycles. The molecule has 1 N–H and O–H groups in total. The van der Waals surface area contributed by atoms with Gasteiger partial charge in [0.15, 0.2) is 11.5 Å². The van der Waals surface area contributed by atoms with Crippen LogP contribution in [-0.4, -0.2) is 49.2 Å². The second-order valence-electron chi connectivity index (χ2n) is 7.39. The fraction of sp³-hybridized carbons (Fsp3) is 0.600. The van der Waals surface area contributed by atoms with E-state index in [1.54, 1.807) is 14.2 Å². The Morgan fingerprint density at radius 3 is 2.54 bits per heavy atom. The number of likely N-dealkylation sites (tertiary alicyclic amines) is 1. The van der Waals surface area contributed by atoms with Crippen molar-refractivity contribution in [3.8, 4) is 11.5 Å². The maximum atomic E-state index is 13.2. The Balaban J connectivity index is 2.14. The van der Waals surface area contributed by atoms with E-state index < -0.39 is 11.4 Å². The van der Waals surface area contributed by atoms with E-state index in [1.807, 2.05) is 36.9 Å². The average molecular weight is 363 g/mol. The third-order valence-corrected chi connectivity index (χ3v) is 5.21. The highest BCUT2D eigenvalue weighted by Gasteiger charge is 2.36. The lowest BCUT2D eigenvalue weighted by Crippen LogP contribution is -2.48. The molecule has 1 heterocycles. The van der Waals surface area contributed by atoms with Gasteiger partial charge in [-0.05, 0) is 56.7 Å². The van der Waals surface area contributed by atoms with Crippen LogP contribution in [0.15, 0.2) is 18.2 Å². The third-order valence-electron chi connectivity index (χ3n) is 5.21. The average Bonchev–Trinajstić information content (AvgIpc) is 2.65. The summed E-state index contributed by atoms with van der Waals surface area (Å²) in [5.41, 5.74) is 0.168. The minimum atomic E-state index is -0.779. The zero-order chi connectivity index (χ0) is 19.3. The van der Waals surface area contributed by atoms with E-state index in [0.29, 0.717) is 24.5 Å². The summed E-state index contributed by atoms with van der Waals surface area (Å²) in [6.07, 6.45) is 2.67. The Morgan fingerprint density at radius 1 is 1.23 bits per heavy atom. The summed E-state index contributed by atoms with van der Waals surface area (Å²) in [4.78, 5) is 25.9. The maximum absolute atomic E-state index is 13.2. The molecule has 0 bridgehead atoms. The largest absolute Gasteiger partial charge is 0.493 e. The molecule has 0 aromatic heterocycles. The van der Waals surface area contributed by atoms with Gasteiger partial charge in [-0.15, -0.1) is 0 Å². The van der Waals surface area contributed by atoms with E-state index in [4.69, 9.17) is 14.6 Å². The number of nitrogens with zero attached hydrogens (tertiary/aromatic N) is 1. The number of amides is 1. The van der Waals surface area contributed by atoms with Crippen LogP contribution < -0.4 is 9.47 Å². The van der Waals surface area contributed by atoms with Gasteiger partial charge in [-0.25, -0.2) is 0 Å². The molecule has 6 nitrogen and oxygen atoms in total. The first-order valence-corrected chi connectivity index (χ1v) is 9.03. The summed E-state index contributed by atoms with van der Waals surface area (Å²) in [7, 11) is 3.16. The van der Waals surface area contributed by atoms with Gasteiger partial charge in [0.2, 0.25) is 5.91 Å². The molecule has 0 saturated carbocycles. The van der Waals surface area contributed by atoms with Crippen molar-refractivity contribution in [2.45, 2.75) is 44.9 Å². The normalized spacial score (nSPS) is 17.7. The van der Waals surface area contributed by atoms with Crippen molar-refractivity contribution in [3.05, 3.63) is 23.8 Å². The highest BCUT2D eigenvalue weighted by Crippen LogP contribution is 2.35. The van der Waals surface area contributed by atoms with Crippen molar-refractivity contribution >= 4 is 11.9 Å². The van der Waals surface area contributed by atoms with Crippen molar-refractivity contribution in [2.24, 2.45) is 5.92 Å². The summed E-state index contributed by atoms with van der Waals surface area (Å²) < 4.78 is 10.6. The third kappa shape index (κ3) is 4.48. The van der Waals surface area contributed by atoms with Crippen molar-refractivity contribution in [1.82, 2.24) is 4.90 Å². The molecule has 1 aliphatic heterocycles. The van der Waals surface area contributed by atoms with E-state index in [-0.39, 0.29) is 18.2 Å². The topological polar surface area (TPSA) is 76.1 Å². The lowest BCUT2D eigenvalue weighted by Gasteiger charge is -2.38. The lowest BCUT2D eigenvalue weighted by atomic mass is 9.81. The Hall–Kier alpha value is -2.24.